The normalized spacial score (nSPS) is 18.5. The zero-order valence-electron chi connectivity index (χ0n) is 30.0. The van der Waals surface area contributed by atoms with E-state index in [0.717, 1.165) is 87.2 Å². The van der Waals surface area contributed by atoms with Crippen molar-refractivity contribution < 1.29 is 17.9 Å². The van der Waals surface area contributed by atoms with Crippen molar-refractivity contribution in [3.8, 4) is 0 Å². The number of likely N-dealkylation sites (tertiary alicyclic amines) is 1. The van der Waals surface area contributed by atoms with E-state index >= 15 is 0 Å². The van der Waals surface area contributed by atoms with Gasteiger partial charge in [0.15, 0.2) is 5.05 Å². The summed E-state index contributed by atoms with van der Waals surface area (Å²) in [5.41, 5.74) is 2.04. The van der Waals surface area contributed by atoms with Gasteiger partial charge >= 0.3 is 6.18 Å². The van der Waals surface area contributed by atoms with E-state index in [4.69, 9.17) is 17.0 Å². The van der Waals surface area contributed by atoms with Gasteiger partial charge in [-0.05, 0) is 104 Å². The molecule has 4 aromatic rings. The highest BCUT2D eigenvalue weighted by atomic mass is 32.2. The molecule has 10 heteroatoms. The van der Waals surface area contributed by atoms with Gasteiger partial charge < -0.3 is 19.4 Å². The van der Waals surface area contributed by atoms with Gasteiger partial charge in [-0.15, -0.1) is 0 Å². The molecule has 3 aliphatic rings. The number of piperazine rings is 1. The second kappa shape index (κ2) is 16.5. The van der Waals surface area contributed by atoms with E-state index in [0.29, 0.717) is 23.9 Å². The van der Waals surface area contributed by atoms with Crippen LogP contribution in [0, 0.1) is 5.41 Å². The second-order valence-corrected chi connectivity index (χ2v) is 16.3. The number of piperidine rings is 1. The van der Waals surface area contributed by atoms with Gasteiger partial charge in [-0.2, -0.15) is 13.2 Å². The van der Waals surface area contributed by atoms with Crippen LogP contribution in [-0.2, 0) is 17.3 Å². The first-order valence-electron chi connectivity index (χ1n) is 18.7. The lowest BCUT2D eigenvalue weighted by atomic mass is 9.82. The average molecular weight is 747 g/mol. The van der Waals surface area contributed by atoms with Crippen LogP contribution in [-0.4, -0.2) is 91.8 Å². The third kappa shape index (κ3) is 8.96. The van der Waals surface area contributed by atoms with Crippen LogP contribution in [0.2, 0.25) is 0 Å². The van der Waals surface area contributed by atoms with Gasteiger partial charge in [0.25, 0.3) is 0 Å². The van der Waals surface area contributed by atoms with Crippen LogP contribution in [0.3, 0.4) is 0 Å². The number of rotatable bonds is 12. The highest BCUT2D eigenvalue weighted by molar-refractivity contribution is 7.99. The molecule has 0 bridgehead atoms. The number of halogens is 3. The minimum atomic E-state index is -4.37. The van der Waals surface area contributed by atoms with E-state index < -0.39 is 11.7 Å². The molecule has 0 amide bonds. The number of anilines is 2. The van der Waals surface area contributed by atoms with E-state index in [-0.39, 0.29) is 5.41 Å². The van der Waals surface area contributed by atoms with Gasteiger partial charge in [-0.1, -0.05) is 79.7 Å². The summed E-state index contributed by atoms with van der Waals surface area (Å²) in [6.07, 6.45) is 1.13. The zero-order valence-corrected chi connectivity index (χ0v) is 31.7. The first-order valence-corrected chi connectivity index (χ1v) is 19.9. The number of hydrogen-bond acceptors (Lipinski definition) is 7. The number of fused-ring (bicyclic) bond motifs is 3. The largest absolute Gasteiger partial charge is 0.485 e. The molecule has 1 atom stereocenters. The molecule has 52 heavy (non-hydrogen) atoms. The van der Waals surface area contributed by atoms with Crippen LogP contribution in [0.4, 0.5) is 24.5 Å². The van der Waals surface area contributed by atoms with Gasteiger partial charge in [0, 0.05) is 55.6 Å². The summed E-state index contributed by atoms with van der Waals surface area (Å²) in [6.45, 7) is 12.3. The maximum atomic E-state index is 13.6. The Kier molecular flexibility index (Phi) is 11.8. The third-order valence-electron chi connectivity index (χ3n) is 10.8. The molecule has 0 spiro atoms. The topological polar surface area (TPSA) is 22.2 Å². The highest BCUT2D eigenvalue weighted by Crippen LogP contribution is 2.49. The van der Waals surface area contributed by atoms with Crippen molar-refractivity contribution in [3.63, 3.8) is 0 Å². The summed E-state index contributed by atoms with van der Waals surface area (Å²) < 4.78 is 47.3. The fourth-order valence-corrected chi connectivity index (χ4v) is 9.28. The Balaban J connectivity index is 0.901. The van der Waals surface area contributed by atoms with Crippen LogP contribution in [0.25, 0.3) is 10.8 Å². The number of nitrogens with zero attached hydrogens (tertiary/aromatic N) is 4. The lowest BCUT2D eigenvalue weighted by Gasteiger charge is -2.38. The van der Waals surface area contributed by atoms with E-state index in [1.54, 1.807) is 6.07 Å². The maximum absolute atomic E-state index is 13.6. The molecule has 4 aromatic carbocycles. The molecule has 0 aliphatic carbocycles. The lowest BCUT2D eigenvalue weighted by Crippen LogP contribution is -2.48. The highest BCUT2D eigenvalue weighted by Gasteiger charge is 2.35. The molecular formula is C42H49F3N4OS2. The molecule has 0 radical (unpaired) electrons. The monoisotopic (exact) mass is 746 g/mol. The summed E-state index contributed by atoms with van der Waals surface area (Å²) in [7, 11) is 0. The summed E-state index contributed by atoms with van der Waals surface area (Å²) in [4.78, 5) is 11.5. The molecule has 276 valence electrons. The van der Waals surface area contributed by atoms with Crippen LogP contribution in [0.1, 0.15) is 43.7 Å². The standard InChI is InChI=1S/C42H49F3N4OS2/c1-41(31-48-18-7-2-8-19-48,30-32-14-15-33-10-3-4-11-34(33)28-32)40(51)50-27-26-47-24-22-46(23-25-47)20-9-21-49-36-12-5-6-13-38(36)52-39-17-16-35(29-37(39)49)42(43,44)45/h3-6,10-17,28-29H,2,7-9,18-27,30-31H2,1H3. The lowest BCUT2D eigenvalue weighted by molar-refractivity contribution is -0.137. The van der Waals surface area contributed by atoms with Gasteiger partial charge in [0.2, 0.25) is 0 Å². The maximum Gasteiger partial charge on any atom is 0.416 e. The van der Waals surface area contributed by atoms with Crippen molar-refractivity contribution in [3.05, 3.63) is 96.1 Å². The predicted molar refractivity (Wildman–Crippen MR) is 211 cm³/mol. The summed E-state index contributed by atoms with van der Waals surface area (Å²) in [6, 6.07) is 27.4. The van der Waals surface area contributed by atoms with Crippen molar-refractivity contribution >= 4 is 51.2 Å². The number of para-hydroxylation sites is 1. The average Bonchev–Trinajstić information content (AvgIpc) is 3.15. The first kappa shape index (κ1) is 37.2. The van der Waals surface area contributed by atoms with E-state index in [2.05, 4.69) is 69.0 Å². The third-order valence-corrected chi connectivity index (χ3v) is 12.6. The molecule has 1 unspecified atom stereocenters. The SMILES string of the molecule is CC(Cc1ccc2ccccc2c1)(CN1CCCCC1)C(=S)OCCN1CCN(CCCN2c3ccccc3Sc3ccc(C(F)(F)F)cc32)CC1. The van der Waals surface area contributed by atoms with Crippen molar-refractivity contribution in [2.24, 2.45) is 5.41 Å². The Morgan fingerprint density at radius 3 is 2.17 bits per heavy atom. The molecule has 0 N–H and O–H groups in total. The van der Waals surface area contributed by atoms with Crippen molar-refractivity contribution in [1.29, 1.82) is 0 Å². The Morgan fingerprint density at radius 2 is 1.40 bits per heavy atom. The number of alkyl halides is 3. The summed E-state index contributed by atoms with van der Waals surface area (Å²) in [5.74, 6) is 0. The van der Waals surface area contributed by atoms with Crippen molar-refractivity contribution in [2.45, 2.75) is 55.0 Å². The van der Waals surface area contributed by atoms with E-state index in [9.17, 15) is 13.2 Å². The zero-order chi connectivity index (χ0) is 36.1. The molecule has 0 saturated carbocycles. The number of hydrogen-bond donors (Lipinski definition) is 0. The number of thiocarbonyl (C=S) groups is 1. The van der Waals surface area contributed by atoms with Gasteiger partial charge in [0.1, 0.15) is 6.61 Å². The Labute approximate surface area is 316 Å². The molecule has 3 heterocycles. The van der Waals surface area contributed by atoms with Crippen LogP contribution < -0.4 is 4.90 Å². The fourth-order valence-electron chi connectivity index (χ4n) is 7.98. The van der Waals surface area contributed by atoms with Crippen molar-refractivity contribution in [2.75, 3.05) is 77.0 Å². The molecule has 2 fully saturated rings. The molecule has 7 rings (SSSR count). The Bertz CT molecular complexity index is 1840. The Morgan fingerprint density at radius 1 is 0.712 bits per heavy atom. The van der Waals surface area contributed by atoms with E-state index in [1.165, 1.54) is 59.5 Å². The van der Waals surface area contributed by atoms with Crippen molar-refractivity contribution in [1.82, 2.24) is 14.7 Å². The summed E-state index contributed by atoms with van der Waals surface area (Å²) in [5, 5.41) is 3.22. The minimum absolute atomic E-state index is 0.268. The van der Waals surface area contributed by atoms with Gasteiger partial charge in [-0.3, -0.25) is 4.90 Å². The van der Waals surface area contributed by atoms with Crippen LogP contribution in [0.15, 0.2) is 94.7 Å². The molecule has 5 nitrogen and oxygen atoms in total. The predicted octanol–water partition coefficient (Wildman–Crippen LogP) is 9.55. The first-order chi connectivity index (χ1) is 25.1. The van der Waals surface area contributed by atoms with Gasteiger partial charge in [-0.25, -0.2) is 0 Å². The van der Waals surface area contributed by atoms with Crippen LogP contribution in [0.5, 0.6) is 0 Å². The fraction of sp³-hybridized carbons (Fsp3) is 0.452. The molecule has 3 aliphatic heterocycles. The quantitative estimate of drug-likeness (QED) is 0.133. The molecular weight excluding hydrogens is 698 g/mol. The number of benzene rings is 4. The van der Waals surface area contributed by atoms with E-state index in [1.807, 2.05) is 24.3 Å². The number of ether oxygens (including phenoxy) is 1. The Hall–Kier alpha value is -3.15. The summed E-state index contributed by atoms with van der Waals surface area (Å²) >= 11 is 7.62. The smallest absolute Gasteiger partial charge is 0.416 e. The molecule has 2 saturated heterocycles. The van der Waals surface area contributed by atoms with Crippen LogP contribution >= 0.6 is 24.0 Å². The second-order valence-electron chi connectivity index (χ2n) is 14.8. The minimum Gasteiger partial charge on any atom is -0.485 e. The van der Waals surface area contributed by atoms with Gasteiger partial charge in [0.05, 0.1) is 22.4 Å². The molecule has 0 aromatic heterocycles.